The highest BCUT2D eigenvalue weighted by Gasteiger charge is 2.34. The van der Waals surface area contributed by atoms with Gasteiger partial charge in [0.1, 0.15) is 0 Å². The van der Waals surface area contributed by atoms with Crippen LogP contribution in [0.25, 0.3) is 22.5 Å². The van der Waals surface area contributed by atoms with Crippen LogP contribution in [-0.2, 0) is 6.18 Å². The SMILES string of the molecule is NC(=O)c1cnc(-c2ccccc2)c(NC(=O)c2ccc(C(F)(F)F)c(-c3ccccn3)c2)c1. The van der Waals surface area contributed by atoms with Crippen LogP contribution >= 0.6 is 0 Å². The lowest BCUT2D eigenvalue weighted by Crippen LogP contribution is -2.17. The summed E-state index contributed by atoms with van der Waals surface area (Å²) < 4.78 is 40.8. The fourth-order valence-electron chi connectivity index (χ4n) is 3.38. The molecule has 0 bridgehead atoms. The number of carbonyl (C=O) groups is 2. The number of hydrogen-bond donors (Lipinski definition) is 2. The summed E-state index contributed by atoms with van der Waals surface area (Å²) in [5.74, 6) is -1.43. The molecular formula is C25H17F3N4O2. The van der Waals surface area contributed by atoms with Gasteiger partial charge >= 0.3 is 6.18 Å². The zero-order chi connectivity index (χ0) is 24.3. The third-order valence-electron chi connectivity index (χ3n) is 5.00. The molecule has 0 spiro atoms. The fraction of sp³-hybridized carbons (Fsp3) is 0.0400. The first-order valence-electron chi connectivity index (χ1n) is 10.0. The number of carbonyl (C=O) groups excluding carboxylic acids is 2. The maximum atomic E-state index is 13.6. The molecule has 0 unspecified atom stereocenters. The molecule has 0 aliphatic carbocycles. The molecule has 0 aliphatic rings. The lowest BCUT2D eigenvalue weighted by Gasteiger charge is -2.15. The van der Waals surface area contributed by atoms with E-state index in [1.165, 1.54) is 24.5 Å². The summed E-state index contributed by atoms with van der Waals surface area (Å²) in [5, 5.41) is 2.65. The second-order valence-corrected chi connectivity index (χ2v) is 7.28. The molecule has 2 aromatic heterocycles. The number of hydrogen-bond acceptors (Lipinski definition) is 4. The van der Waals surface area contributed by atoms with E-state index in [9.17, 15) is 22.8 Å². The molecule has 0 fully saturated rings. The van der Waals surface area contributed by atoms with Crippen LogP contribution in [0.1, 0.15) is 26.3 Å². The van der Waals surface area contributed by atoms with Gasteiger partial charge in [-0.25, -0.2) is 0 Å². The number of nitrogens with zero attached hydrogens (tertiary/aromatic N) is 2. The van der Waals surface area contributed by atoms with Crippen molar-refractivity contribution in [1.82, 2.24) is 9.97 Å². The number of primary amides is 1. The molecule has 4 rings (SSSR count). The highest BCUT2D eigenvalue weighted by molar-refractivity contribution is 6.07. The number of nitrogens with one attached hydrogen (secondary N) is 1. The molecule has 4 aromatic rings. The normalized spacial score (nSPS) is 11.1. The summed E-state index contributed by atoms with van der Waals surface area (Å²) in [7, 11) is 0. The van der Waals surface area contributed by atoms with Crippen LogP contribution in [-0.4, -0.2) is 21.8 Å². The minimum Gasteiger partial charge on any atom is -0.366 e. The molecule has 9 heteroatoms. The fourth-order valence-corrected chi connectivity index (χ4v) is 3.38. The third-order valence-corrected chi connectivity index (χ3v) is 5.00. The lowest BCUT2D eigenvalue weighted by atomic mass is 9.99. The quantitative estimate of drug-likeness (QED) is 0.427. The van der Waals surface area contributed by atoms with Crippen LogP contribution in [0.15, 0.2) is 85.2 Å². The number of amides is 2. The minimum atomic E-state index is -4.64. The van der Waals surface area contributed by atoms with Gasteiger partial charge < -0.3 is 11.1 Å². The molecule has 0 aliphatic heterocycles. The Morgan fingerprint density at radius 2 is 1.59 bits per heavy atom. The van der Waals surface area contributed by atoms with Gasteiger partial charge in [-0.1, -0.05) is 36.4 Å². The summed E-state index contributed by atoms with van der Waals surface area (Å²) in [5.41, 5.74) is 5.54. The molecular weight excluding hydrogens is 445 g/mol. The topological polar surface area (TPSA) is 98.0 Å². The van der Waals surface area contributed by atoms with Crippen LogP contribution in [0.4, 0.5) is 18.9 Å². The second kappa shape index (κ2) is 9.14. The Morgan fingerprint density at radius 1 is 0.853 bits per heavy atom. The molecule has 2 amide bonds. The lowest BCUT2D eigenvalue weighted by molar-refractivity contribution is -0.137. The van der Waals surface area contributed by atoms with Crippen molar-refractivity contribution in [3.05, 3.63) is 102 Å². The highest BCUT2D eigenvalue weighted by atomic mass is 19.4. The average molecular weight is 462 g/mol. The molecule has 0 atom stereocenters. The van der Waals surface area contributed by atoms with E-state index in [-0.39, 0.29) is 28.1 Å². The molecule has 2 aromatic carbocycles. The van der Waals surface area contributed by atoms with Gasteiger partial charge in [-0.15, -0.1) is 0 Å². The van der Waals surface area contributed by atoms with Crippen molar-refractivity contribution in [2.75, 3.05) is 5.32 Å². The van der Waals surface area contributed by atoms with Gasteiger partial charge in [0, 0.05) is 29.1 Å². The first kappa shape index (κ1) is 22.7. The maximum absolute atomic E-state index is 13.6. The summed E-state index contributed by atoms with van der Waals surface area (Å²) in [4.78, 5) is 33.0. The number of nitrogens with two attached hydrogens (primary N) is 1. The summed E-state index contributed by atoms with van der Waals surface area (Å²) in [6.45, 7) is 0. The van der Waals surface area contributed by atoms with Gasteiger partial charge in [-0.05, 0) is 36.4 Å². The van der Waals surface area contributed by atoms with Crippen molar-refractivity contribution in [3.63, 3.8) is 0 Å². The third kappa shape index (κ3) is 4.78. The molecule has 2 heterocycles. The zero-order valence-electron chi connectivity index (χ0n) is 17.5. The van der Waals surface area contributed by atoms with Crippen molar-refractivity contribution < 1.29 is 22.8 Å². The Hall–Kier alpha value is -4.53. The molecule has 0 saturated heterocycles. The van der Waals surface area contributed by atoms with E-state index in [0.29, 0.717) is 11.3 Å². The predicted octanol–water partition coefficient (Wildman–Crippen LogP) is 5.18. The van der Waals surface area contributed by atoms with Gasteiger partial charge in [0.2, 0.25) is 5.91 Å². The monoisotopic (exact) mass is 462 g/mol. The van der Waals surface area contributed by atoms with Gasteiger partial charge in [0.05, 0.1) is 28.2 Å². The number of pyridine rings is 2. The van der Waals surface area contributed by atoms with Crippen molar-refractivity contribution >= 4 is 17.5 Å². The van der Waals surface area contributed by atoms with E-state index in [1.54, 1.807) is 42.5 Å². The number of aromatic nitrogens is 2. The second-order valence-electron chi connectivity index (χ2n) is 7.28. The van der Waals surface area contributed by atoms with Crippen LogP contribution in [0.2, 0.25) is 0 Å². The molecule has 0 radical (unpaired) electrons. The van der Waals surface area contributed by atoms with E-state index < -0.39 is 23.6 Å². The van der Waals surface area contributed by atoms with E-state index in [4.69, 9.17) is 5.73 Å². The Bertz CT molecular complexity index is 1360. The Kier molecular flexibility index (Phi) is 6.09. The minimum absolute atomic E-state index is 0.0304. The molecule has 3 N–H and O–H groups in total. The van der Waals surface area contributed by atoms with Crippen LogP contribution in [0, 0.1) is 0 Å². The molecule has 34 heavy (non-hydrogen) atoms. The van der Waals surface area contributed by atoms with E-state index in [2.05, 4.69) is 15.3 Å². The molecule has 0 saturated carbocycles. The average Bonchev–Trinajstić information content (AvgIpc) is 2.84. The van der Waals surface area contributed by atoms with Gasteiger partial charge in [0.15, 0.2) is 0 Å². The number of benzene rings is 2. The molecule has 6 nitrogen and oxygen atoms in total. The van der Waals surface area contributed by atoms with Crippen LogP contribution in [0.5, 0.6) is 0 Å². The Morgan fingerprint density at radius 3 is 2.24 bits per heavy atom. The first-order chi connectivity index (χ1) is 16.2. The van der Waals surface area contributed by atoms with Gasteiger partial charge in [-0.2, -0.15) is 13.2 Å². The summed E-state index contributed by atoms with van der Waals surface area (Å²) in [6.07, 6.45) is -1.98. The van der Waals surface area contributed by atoms with Crippen molar-refractivity contribution in [2.24, 2.45) is 5.73 Å². The molecule has 170 valence electrons. The van der Waals surface area contributed by atoms with E-state index >= 15 is 0 Å². The van der Waals surface area contributed by atoms with Crippen molar-refractivity contribution in [3.8, 4) is 22.5 Å². The van der Waals surface area contributed by atoms with Crippen molar-refractivity contribution in [1.29, 1.82) is 0 Å². The van der Waals surface area contributed by atoms with Crippen LogP contribution in [0.3, 0.4) is 0 Å². The zero-order valence-corrected chi connectivity index (χ0v) is 17.5. The number of halogens is 3. The number of alkyl halides is 3. The van der Waals surface area contributed by atoms with E-state index in [0.717, 1.165) is 18.2 Å². The standard InChI is InChI=1S/C25H17F3N4O2/c26-25(27,28)19-10-9-16(12-18(19)20-8-4-5-11-30-20)24(34)32-21-13-17(23(29)33)14-31-22(21)15-6-2-1-3-7-15/h1-14H,(H2,29,33)(H,32,34). The van der Waals surface area contributed by atoms with Crippen LogP contribution < -0.4 is 11.1 Å². The van der Waals surface area contributed by atoms with Crippen molar-refractivity contribution in [2.45, 2.75) is 6.18 Å². The smallest absolute Gasteiger partial charge is 0.366 e. The highest BCUT2D eigenvalue weighted by Crippen LogP contribution is 2.37. The predicted molar refractivity (Wildman–Crippen MR) is 121 cm³/mol. The number of rotatable bonds is 5. The maximum Gasteiger partial charge on any atom is 0.417 e. The number of anilines is 1. The van der Waals surface area contributed by atoms with Gasteiger partial charge in [0.25, 0.3) is 5.91 Å². The summed E-state index contributed by atoms with van der Waals surface area (Å²) in [6, 6.07) is 17.9. The summed E-state index contributed by atoms with van der Waals surface area (Å²) >= 11 is 0. The van der Waals surface area contributed by atoms with Gasteiger partial charge in [-0.3, -0.25) is 19.6 Å². The largest absolute Gasteiger partial charge is 0.417 e. The first-order valence-corrected chi connectivity index (χ1v) is 10.0. The van der Waals surface area contributed by atoms with E-state index in [1.807, 2.05) is 0 Å². The Labute approximate surface area is 192 Å². The Balaban J connectivity index is 1.76.